The number of anilines is 3. The molecular weight excluding hydrogens is 268 g/mol. The third-order valence-electron chi connectivity index (χ3n) is 2.91. The van der Waals surface area contributed by atoms with Crippen molar-refractivity contribution in [2.24, 2.45) is 0 Å². The molecular formula is C15H18N4O2. The van der Waals surface area contributed by atoms with Gasteiger partial charge in [0.1, 0.15) is 18.0 Å². The molecule has 1 heterocycles. The summed E-state index contributed by atoms with van der Waals surface area (Å²) in [6, 6.07) is 8.32. The minimum atomic E-state index is -0.939. The first-order chi connectivity index (χ1) is 10.2. The van der Waals surface area contributed by atoms with Crippen LogP contribution >= 0.6 is 0 Å². The SMILES string of the molecule is CCCCNc1cc(Nc2ccc(C(=O)O)cc2)ncn1. The highest BCUT2D eigenvalue weighted by atomic mass is 16.4. The van der Waals surface area contributed by atoms with Crippen LogP contribution in [0.3, 0.4) is 0 Å². The lowest BCUT2D eigenvalue weighted by Crippen LogP contribution is -2.04. The number of aromatic nitrogens is 2. The molecule has 0 unspecified atom stereocenters. The van der Waals surface area contributed by atoms with Gasteiger partial charge in [-0.3, -0.25) is 0 Å². The molecule has 1 aromatic carbocycles. The maximum Gasteiger partial charge on any atom is 0.335 e. The van der Waals surface area contributed by atoms with Gasteiger partial charge in [0, 0.05) is 18.3 Å². The van der Waals surface area contributed by atoms with Crippen molar-refractivity contribution in [3.05, 3.63) is 42.2 Å². The second-order valence-electron chi connectivity index (χ2n) is 4.58. The number of hydrogen-bond acceptors (Lipinski definition) is 5. The van der Waals surface area contributed by atoms with Gasteiger partial charge >= 0.3 is 5.97 Å². The van der Waals surface area contributed by atoms with Crippen LogP contribution in [0.4, 0.5) is 17.3 Å². The lowest BCUT2D eigenvalue weighted by molar-refractivity contribution is 0.0697. The van der Waals surface area contributed by atoms with E-state index in [1.807, 2.05) is 6.07 Å². The van der Waals surface area contributed by atoms with Crippen molar-refractivity contribution in [2.45, 2.75) is 19.8 Å². The van der Waals surface area contributed by atoms with Crippen LogP contribution in [0.2, 0.25) is 0 Å². The van der Waals surface area contributed by atoms with Crippen molar-refractivity contribution >= 4 is 23.3 Å². The standard InChI is InChI=1S/C15H18N4O2/c1-2-3-8-16-13-9-14(18-10-17-13)19-12-6-4-11(5-7-12)15(20)21/h4-7,9-10H,2-3,8H2,1H3,(H,20,21)(H2,16,17,18,19). The number of nitrogens with one attached hydrogen (secondary N) is 2. The van der Waals surface area contributed by atoms with Crippen molar-refractivity contribution in [2.75, 3.05) is 17.2 Å². The van der Waals surface area contributed by atoms with E-state index in [2.05, 4.69) is 27.5 Å². The van der Waals surface area contributed by atoms with Gasteiger partial charge in [-0.05, 0) is 30.7 Å². The predicted molar refractivity (Wildman–Crippen MR) is 82.1 cm³/mol. The maximum absolute atomic E-state index is 10.8. The highest BCUT2D eigenvalue weighted by molar-refractivity contribution is 5.88. The summed E-state index contributed by atoms with van der Waals surface area (Å²) < 4.78 is 0. The van der Waals surface area contributed by atoms with Crippen molar-refractivity contribution < 1.29 is 9.90 Å². The molecule has 0 saturated carbocycles. The van der Waals surface area contributed by atoms with E-state index in [4.69, 9.17) is 5.11 Å². The topological polar surface area (TPSA) is 87.1 Å². The zero-order valence-corrected chi connectivity index (χ0v) is 11.8. The molecule has 0 atom stereocenters. The van der Waals surface area contributed by atoms with Crippen LogP contribution in [-0.4, -0.2) is 27.6 Å². The van der Waals surface area contributed by atoms with E-state index in [0.29, 0.717) is 5.82 Å². The summed E-state index contributed by atoms with van der Waals surface area (Å²) in [6.07, 6.45) is 3.70. The number of benzene rings is 1. The van der Waals surface area contributed by atoms with Crippen molar-refractivity contribution in [1.29, 1.82) is 0 Å². The fourth-order valence-corrected chi connectivity index (χ4v) is 1.76. The number of rotatable bonds is 7. The number of aromatic carboxylic acids is 1. The van der Waals surface area contributed by atoms with Gasteiger partial charge in [0.05, 0.1) is 5.56 Å². The van der Waals surface area contributed by atoms with Crippen LogP contribution < -0.4 is 10.6 Å². The van der Waals surface area contributed by atoms with E-state index < -0.39 is 5.97 Å². The Hall–Kier alpha value is -2.63. The first-order valence-corrected chi connectivity index (χ1v) is 6.85. The fourth-order valence-electron chi connectivity index (χ4n) is 1.76. The van der Waals surface area contributed by atoms with Gasteiger partial charge in [-0.25, -0.2) is 14.8 Å². The van der Waals surface area contributed by atoms with Gasteiger partial charge in [0.25, 0.3) is 0 Å². The molecule has 0 radical (unpaired) electrons. The van der Waals surface area contributed by atoms with Gasteiger partial charge in [-0.1, -0.05) is 13.3 Å². The van der Waals surface area contributed by atoms with Gasteiger partial charge < -0.3 is 15.7 Å². The molecule has 0 bridgehead atoms. The van der Waals surface area contributed by atoms with E-state index >= 15 is 0 Å². The molecule has 0 spiro atoms. The summed E-state index contributed by atoms with van der Waals surface area (Å²) in [7, 11) is 0. The Kier molecular flexibility index (Phi) is 5.09. The minimum Gasteiger partial charge on any atom is -0.478 e. The second kappa shape index (κ2) is 7.23. The van der Waals surface area contributed by atoms with Crippen LogP contribution in [0.1, 0.15) is 30.1 Å². The molecule has 0 aliphatic carbocycles. The molecule has 0 aliphatic rings. The number of carboxylic acids is 1. The fraction of sp³-hybridized carbons (Fsp3) is 0.267. The normalized spacial score (nSPS) is 10.1. The minimum absolute atomic E-state index is 0.255. The first-order valence-electron chi connectivity index (χ1n) is 6.85. The monoisotopic (exact) mass is 286 g/mol. The summed E-state index contributed by atoms with van der Waals surface area (Å²) in [4.78, 5) is 19.1. The van der Waals surface area contributed by atoms with Crippen molar-refractivity contribution in [3.63, 3.8) is 0 Å². The number of unbranched alkanes of at least 4 members (excludes halogenated alkanes) is 1. The maximum atomic E-state index is 10.8. The van der Waals surface area contributed by atoms with Crippen molar-refractivity contribution in [3.8, 4) is 0 Å². The number of nitrogens with zero attached hydrogens (tertiary/aromatic N) is 2. The van der Waals surface area contributed by atoms with E-state index in [-0.39, 0.29) is 5.56 Å². The van der Waals surface area contributed by atoms with E-state index in [1.165, 1.54) is 6.33 Å². The Labute approximate surface area is 123 Å². The molecule has 0 fully saturated rings. The van der Waals surface area contributed by atoms with Crippen LogP contribution in [0.15, 0.2) is 36.7 Å². The van der Waals surface area contributed by atoms with Gasteiger partial charge in [-0.15, -0.1) is 0 Å². The number of carbonyl (C=O) groups is 1. The Morgan fingerprint density at radius 2 is 1.90 bits per heavy atom. The van der Waals surface area contributed by atoms with Crippen LogP contribution in [0.25, 0.3) is 0 Å². The Balaban J connectivity index is 2.01. The second-order valence-corrected chi connectivity index (χ2v) is 4.58. The third-order valence-corrected chi connectivity index (χ3v) is 2.91. The third kappa shape index (κ3) is 4.45. The predicted octanol–water partition coefficient (Wildman–Crippen LogP) is 3.13. The van der Waals surface area contributed by atoms with Gasteiger partial charge in [-0.2, -0.15) is 0 Å². The van der Waals surface area contributed by atoms with Crippen LogP contribution in [0.5, 0.6) is 0 Å². The number of hydrogen-bond donors (Lipinski definition) is 3. The first kappa shape index (κ1) is 14.8. The van der Waals surface area contributed by atoms with Crippen LogP contribution in [0, 0.1) is 0 Å². The molecule has 21 heavy (non-hydrogen) atoms. The highest BCUT2D eigenvalue weighted by Gasteiger charge is 2.03. The molecule has 0 aliphatic heterocycles. The lowest BCUT2D eigenvalue weighted by atomic mass is 10.2. The van der Waals surface area contributed by atoms with Gasteiger partial charge in [0.2, 0.25) is 0 Å². The highest BCUT2D eigenvalue weighted by Crippen LogP contribution is 2.17. The Morgan fingerprint density at radius 1 is 1.19 bits per heavy atom. The molecule has 0 amide bonds. The molecule has 6 nitrogen and oxygen atoms in total. The summed E-state index contributed by atoms with van der Waals surface area (Å²) in [6.45, 7) is 3.01. The average Bonchev–Trinajstić information content (AvgIpc) is 2.48. The van der Waals surface area contributed by atoms with E-state index in [9.17, 15) is 4.79 Å². The largest absolute Gasteiger partial charge is 0.478 e. The lowest BCUT2D eigenvalue weighted by Gasteiger charge is -2.08. The number of carboxylic acid groups (broad SMARTS) is 1. The summed E-state index contributed by atoms with van der Waals surface area (Å²) >= 11 is 0. The quantitative estimate of drug-likeness (QED) is 0.678. The molecule has 0 saturated heterocycles. The molecule has 2 aromatic rings. The Morgan fingerprint density at radius 3 is 2.57 bits per heavy atom. The summed E-state index contributed by atoms with van der Waals surface area (Å²) in [5.41, 5.74) is 1.03. The van der Waals surface area contributed by atoms with Crippen LogP contribution in [-0.2, 0) is 0 Å². The molecule has 6 heteroatoms. The Bertz CT molecular complexity index is 599. The smallest absolute Gasteiger partial charge is 0.335 e. The summed E-state index contributed by atoms with van der Waals surface area (Å²) in [5.74, 6) is 0.487. The molecule has 1 aromatic heterocycles. The molecule has 110 valence electrons. The molecule has 2 rings (SSSR count). The van der Waals surface area contributed by atoms with Crippen molar-refractivity contribution in [1.82, 2.24) is 9.97 Å². The zero-order chi connectivity index (χ0) is 15.1. The average molecular weight is 286 g/mol. The van der Waals surface area contributed by atoms with E-state index in [0.717, 1.165) is 30.9 Å². The van der Waals surface area contributed by atoms with E-state index in [1.54, 1.807) is 24.3 Å². The molecule has 3 N–H and O–H groups in total. The van der Waals surface area contributed by atoms with Gasteiger partial charge in [0.15, 0.2) is 0 Å². The summed E-state index contributed by atoms with van der Waals surface area (Å²) in [5, 5.41) is 15.2. The zero-order valence-electron chi connectivity index (χ0n) is 11.8.